The second kappa shape index (κ2) is 13.1. The number of benzene rings is 2. The highest BCUT2D eigenvalue weighted by Crippen LogP contribution is 2.25. The van der Waals surface area contributed by atoms with Crippen LogP contribution in [0, 0.1) is 0 Å². The molecule has 6 nitrogen and oxygen atoms in total. The molecule has 2 rings (SSSR count). The van der Waals surface area contributed by atoms with Crippen molar-refractivity contribution in [3.8, 4) is 17.2 Å². The van der Waals surface area contributed by atoms with Crippen molar-refractivity contribution in [3.63, 3.8) is 0 Å². The largest absolute Gasteiger partial charge is 0.497 e. The Morgan fingerprint density at radius 2 is 1.62 bits per heavy atom. The lowest BCUT2D eigenvalue weighted by atomic mass is 10.2. The number of ether oxygens (including phenoxy) is 3. The lowest BCUT2D eigenvalue weighted by Crippen LogP contribution is -2.36. The second-order valence-electron chi connectivity index (χ2n) is 6.18. The van der Waals surface area contributed by atoms with Gasteiger partial charge in [0.15, 0.2) is 12.6 Å². The lowest BCUT2D eigenvalue weighted by Gasteiger charge is -2.15. The average molecular weight is 575 g/mol. The fourth-order valence-corrected chi connectivity index (χ4v) is 2.49. The summed E-state index contributed by atoms with van der Waals surface area (Å²) in [6.07, 6.45) is -4.40. The molecule has 0 heterocycles. The van der Waals surface area contributed by atoms with Gasteiger partial charge in [-0.15, -0.1) is 24.0 Å². The van der Waals surface area contributed by atoms with Crippen LogP contribution in [0.5, 0.6) is 17.2 Å². The van der Waals surface area contributed by atoms with Crippen LogP contribution in [0.1, 0.15) is 11.1 Å². The molecule has 0 aliphatic heterocycles. The van der Waals surface area contributed by atoms with E-state index in [9.17, 15) is 22.0 Å². The van der Waals surface area contributed by atoms with Crippen molar-refractivity contribution in [3.05, 3.63) is 53.6 Å². The van der Waals surface area contributed by atoms with E-state index in [1.807, 2.05) is 0 Å². The van der Waals surface area contributed by atoms with Gasteiger partial charge in [-0.2, -0.15) is 22.0 Å². The Bertz CT molecular complexity index is 865. The van der Waals surface area contributed by atoms with Gasteiger partial charge in [0.25, 0.3) is 0 Å². The molecule has 2 aromatic carbocycles. The zero-order valence-corrected chi connectivity index (χ0v) is 19.5. The molecule has 0 bridgehead atoms. The molecule has 0 aliphatic rings. The van der Waals surface area contributed by atoms with Crippen LogP contribution in [0.15, 0.2) is 47.5 Å². The molecule has 2 aromatic rings. The molecular weight excluding hydrogens is 552 g/mol. The van der Waals surface area contributed by atoms with Gasteiger partial charge in [-0.25, -0.2) is 0 Å². The standard InChI is InChI=1S/C20H22F5N3O3.HI/c1-26-19(27-10-13-3-5-15(6-4-13)30-12-20(23,24)25)28-11-14-9-16(29-2)7-8-17(14)31-18(21)22;/h3-9,18H,10-12H2,1-2H3,(H2,26,27,28);1H. The molecular formula is C20H23F5IN3O3. The van der Waals surface area contributed by atoms with E-state index >= 15 is 0 Å². The third-order valence-corrected chi connectivity index (χ3v) is 3.94. The molecule has 0 aromatic heterocycles. The number of nitrogens with one attached hydrogen (secondary N) is 2. The summed E-state index contributed by atoms with van der Waals surface area (Å²) >= 11 is 0. The van der Waals surface area contributed by atoms with Crippen LogP contribution < -0.4 is 24.8 Å². The van der Waals surface area contributed by atoms with Gasteiger partial charge < -0.3 is 24.8 Å². The number of aliphatic imine (C=N–C) groups is 1. The van der Waals surface area contributed by atoms with E-state index in [1.54, 1.807) is 18.2 Å². The van der Waals surface area contributed by atoms with Crippen LogP contribution in [0.2, 0.25) is 0 Å². The normalized spacial score (nSPS) is 11.6. The van der Waals surface area contributed by atoms with Gasteiger partial charge in [-0.1, -0.05) is 12.1 Å². The van der Waals surface area contributed by atoms with E-state index in [1.165, 1.54) is 38.4 Å². The maximum atomic E-state index is 12.6. The first-order chi connectivity index (χ1) is 14.7. The Morgan fingerprint density at radius 3 is 2.19 bits per heavy atom. The monoisotopic (exact) mass is 575 g/mol. The van der Waals surface area contributed by atoms with Gasteiger partial charge >= 0.3 is 12.8 Å². The molecule has 0 atom stereocenters. The topological polar surface area (TPSA) is 64.1 Å². The van der Waals surface area contributed by atoms with Gasteiger partial charge in [0.2, 0.25) is 0 Å². The van der Waals surface area contributed by atoms with Gasteiger partial charge in [0, 0.05) is 25.7 Å². The molecule has 0 spiro atoms. The minimum Gasteiger partial charge on any atom is -0.497 e. The summed E-state index contributed by atoms with van der Waals surface area (Å²) in [5, 5.41) is 6.00. The Balaban J connectivity index is 0.00000512. The van der Waals surface area contributed by atoms with Crippen LogP contribution in [-0.2, 0) is 13.1 Å². The second-order valence-corrected chi connectivity index (χ2v) is 6.18. The first-order valence-electron chi connectivity index (χ1n) is 9.05. The number of hydrogen-bond acceptors (Lipinski definition) is 4. The molecule has 32 heavy (non-hydrogen) atoms. The summed E-state index contributed by atoms with van der Waals surface area (Å²) in [4.78, 5) is 4.05. The summed E-state index contributed by atoms with van der Waals surface area (Å²) < 4.78 is 76.1. The molecule has 0 fully saturated rings. The maximum absolute atomic E-state index is 12.6. The first-order valence-corrected chi connectivity index (χ1v) is 9.05. The van der Waals surface area contributed by atoms with Gasteiger partial charge in [-0.3, -0.25) is 4.99 Å². The third-order valence-electron chi connectivity index (χ3n) is 3.94. The summed E-state index contributed by atoms with van der Waals surface area (Å²) in [5.74, 6) is 0.971. The predicted molar refractivity (Wildman–Crippen MR) is 120 cm³/mol. The summed E-state index contributed by atoms with van der Waals surface area (Å²) in [5.41, 5.74) is 1.21. The van der Waals surface area contributed by atoms with Crippen LogP contribution in [-0.4, -0.2) is 39.5 Å². The minimum absolute atomic E-state index is 0. The van der Waals surface area contributed by atoms with Crippen molar-refractivity contribution in [2.24, 2.45) is 4.99 Å². The van der Waals surface area contributed by atoms with Crippen LogP contribution in [0.25, 0.3) is 0 Å². The van der Waals surface area contributed by atoms with Crippen LogP contribution in [0.4, 0.5) is 22.0 Å². The van der Waals surface area contributed by atoms with Gasteiger partial charge in [-0.05, 0) is 35.9 Å². The van der Waals surface area contributed by atoms with E-state index < -0.39 is 19.4 Å². The lowest BCUT2D eigenvalue weighted by molar-refractivity contribution is -0.153. The number of hydrogen-bond donors (Lipinski definition) is 2. The van der Waals surface area contributed by atoms with E-state index in [0.29, 0.717) is 23.8 Å². The van der Waals surface area contributed by atoms with Gasteiger partial charge in [0.1, 0.15) is 17.2 Å². The first kappa shape index (κ1) is 27.5. The molecule has 12 heteroatoms. The van der Waals surface area contributed by atoms with Crippen molar-refractivity contribution >= 4 is 29.9 Å². The van der Waals surface area contributed by atoms with Crippen molar-refractivity contribution in [1.82, 2.24) is 10.6 Å². The minimum atomic E-state index is -4.40. The van der Waals surface area contributed by atoms with Gasteiger partial charge in [0.05, 0.1) is 7.11 Å². The average Bonchev–Trinajstić information content (AvgIpc) is 2.73. The Labute approximate surface area is 199 Å². The number of nitrogens with zero attached hydrogens (tertiary/aromatic N) is 1. The maximum Gasteiger partial charge on any atom is 0.422 e. The molecule has 2 N–H and O–H groups in total. The highest BCUT2D eigenvalue weighted by Gasteiger charge is 2.28. The van der Waals surface area contributed by atoms with Crippen molar-refractivity contribution in [2.75, 3.05) is 20.8 Å². The SMILES string of the molecule is CN=C(NCc1ccc(OCC(F)(F)F)cc1)NCc1cc(OC)ccc1OC(F)F.I. The molecule has 0 amide bonds. The van der Waals surface area contributed by atoms with Crippen LogP contribution in [0.3, 0.4) is 0 Å². The van der Waals surface area contributed by atoms with Crippen molar-refractivity contribution < 1.29 is 36.2 Å². The highest BCUT2D eigenvalue weighted by atomic mass is 127. The van der Waals surface area contributed by atoms with Crippen molar-refractivity contribution in [1.29, 1.82) is 0 Å². The number of alkyl halides is 5. The predicted octanol–water partition coefficient (Wildman–Crippen LogP) is 4.72. The number of rotatable bonds is 9. The summed E-state index contributed by atoms with van der Waals surface area (Å²) in [7, 11) is 2.99. The number of guanidine groups is 1. The molecule has 0 aliphatic carbocycles. The zero-order chi connectivity index (χ0) is 22.9. The molecule has 0 saturated heterocycles. The quantitative estimate of drug-likeness (QED) is 0.196. The van der Waals surface area contributed by atoms with E-state index in [4.69, 9.17) is 4.74 Å². The molecule has 0 unspecified atom stereocenters. The van der Waals surface area contributed by atoms with Crippen molar-refractivity contribution in [2.45, 2.75) is 25.9 Å². The number of halogens is 6. The fourth-order valence-electron chi connectivity index (χ4n) is 2.49. The summed E-state index contributed by atoms with van der Waals surface area (Å²) in [6.45, 7) is -3.88. The Morgan fingerprint density at radius 1 is 1.00 bits per heavy atom. The van der Waals surface area contributed by atoms with E-state index in [2.05, 4.69) is 25.1 Å². The van der Waals surface area contributed by atoms with Crippen LogP contribution >= 0.6 is 24.0 Å². The third kappa shape index (κ3) is 9.75. The van der Waals surface area contributed by atoms with E-state index in [-0.39, 0.29) is 42.0 Å². The highest BCUT2D eigenvalue weighted by molar-refractivity contribution is 14.0. The smallest absolute Gasteiger partial charge is 0.422 e. The number of methoxy groups -OCH3 is 1. The molecule has 0 saturated carbocycles. The molecule has 178 valence electrons. The fraction of sp³-hybridized carbons (Fsp3) is 0.350. The molecule has 0 radical (unpaired) electrons. The zero-order valence-electron chi connectivity index (χ0n) is 17.2. The summed E-state index contributed by atoms with van der Waals surface area (Å²) in [6, 6.07) is 10.6. The van der Waals surface area contributed by atoms with E-state index in [0.717, 1.165) is 5.56 Å². The Hall–Kier alpha value is -2.51. The Kier molecular flexibility index (Phi) is 11.3.